The molecule has 3 rings (SSSR count). The molecule has 0 amide bonds. The van der Waals surface area contributed by atoms with Gasteiger partial charge in [-0.1, -0.05) is 30.3 Å². The van der Waals surface area contributed by atoms with Crippen molar-refractivity contribution in [3.8, 4) is 0 Å². The lowest BCUT2D eigenvalue weighted by Crippen LogP contribution is -2.43. The van der Waals surface area contributed by atoms with Crippen molar-refractivity contribution in [3.05, 3.63) is 47.5 Å². The minimum Gasteiger partial charge on any atom is -0.387 e. The molecule has 1 N–H and O–H groups in total. The molecule has 1 fully saturated rings. The molecule has 1 aromatic carbocycles. The van der Waals surface area contributed by atoms with Gasteiger partial charge in [0.15, 0.2) is 0 Å². The van der Waals surface area contributed by atoms with Gasteiger partial charge in [-0.15, -0.1) is 10.2 Å². The van der Waals surface area contributed by atoms with Crippen LogP contribution in [0.4, 0.5) is 0 Å². The van der Waals surface area contributed by atoms with Crippen molar-refractivity contribution in [3.63, 3.8) is 0 Å². The molecule has 1 atom stereocenters. The van der Waals surface area contributed by atoms with Crippen LogP contribution in [-0.4, -0.2) is 62.0 Å². The minimum absolute atomic E-state index is 0.643. The van der Waals surface area contributed by atoms with Crippen molar-refractivity contribution >= 4 is 0 Å². The van der Waals surface area contributed by atoms with Gasteiger partial charge in [0.05, 0.1) is 12.1 Å². The van der Waals surface area contributed by atoms with Gasteiger partial charge in [0.2, 0.25) is 0 Å². The molecule has 2 aromatic rings. The molecule has 2 heterocycles. The van der Waals surface area contributed by atoms with E-state index in [0.717, 1.165) is 31.2 Å². The Morgan fingerprint density at radius 3 is 2.67 bits per heavy atom. The fourth-order valence-corrected chi connectivity index (χ4v) is 3.43. The monoisotopic (exact) mass is 329 g/mol. The number of aliphatic hydroxyl groups is 1. The molecular weight excluding hydrogens is 302 g/mol. The number of aryl methyl sites for hydroxylation is 1. The van der Waals surface area contributed by atoms with Gasteiger partial charge >= 0.3 is 0 Å². The number of aromatic nitrogens is 3. The van der Waals surface area contributed by atoms with Crippen LogP contribution in [0.2, 0.25) is 0 Å². The predicted molar refractivity (Wildman–Crippen MR) is 93.4 cm³/mol. The first-order valence-corrected chi connectivity index (χ1v) is 8.47. The molecule has 6 heteroatoms. The standard InChI is InChI=1S/C18H27N5O/c1-15-19-20-17(22(15)3)12-21(2)13-18(24)9-10-23(14-18)11-16-7-5-4-6-8-16/h4-8,24H,9-14H2,1-3H3/t18-/m0/s1. The van der Waals surface area contributed by atoms with Crippen LogP contribution in [0.25, 0.3) is 0 Å². The Kier molecular flexibility index (Phi) is 4.99. The SMILES string of the molecule is Cc1nnc(CN(C)C[C@@]2(O)CCN(Cc3ccccc3)C2)n1C. The van der Waals surface area contributed by atoms with Gasteiger partial charge in [-0.3, -0.25) is 9.80 Å². The summed E-state index contributed by atoms with van der Waals surface area (Å²) in [5.41, 5.74) is 0.640. The van der Waals surface area contributed by atoms with Gasteiger partial charge in [0.1, 0.15) is 11.6 Å². The topological polar surface area (TPSA) is 57.4 Å². The van der Waals surface area contributed by atoms with Crippen LogP contribution in [0.15, 0.2) is 30.3 Å². The van der Waals surface area contributed by atoms with E-state index in [-0.39, 0.29) is 0 Å². The van der Waals surface area contributed by atoms with Gasteiger partial charge in [0, 0.05) is 33.2 Å². The van der Waals surface area contributed by atoms with Crippen LogP contribution in [0, 0.1) is 6.92 Å². The largest absolute Gasteiger partial charge is 0.387 e. The predicted octanol–water partition coefficient (Wildman–Crippen LogP) is 1.19. The maximum Gasteiger partial charge on any atom is 0.146 e. The molecular formula is C18H27N5O. The maximum absolute atomic E-state index is 10.9. The normalized spacial score (nSPS) is 21.7. The average molecular weight is 329 g/mol. The second kappa shape index (κ2) is 7.01. The van der Waals surface area contributed by atoms with Gasteiger partial charge in [-0.2, -0.15) is 0 Å². The number of likely N-dealkylation sites (tertiary alicyclic amines) is 1. The highest BCUT2D eigenvalue weighted by atomic mass is 16.3. The van der Waals surface area contributed by atoms with E-state index >= 15 is 0 Å². The number of benzene rings is 1. The molecule has 1 aliphatic heterocycles. The summed E-state index contributed by atoms with van der Waals surface area (Å²) in [5.74, 6) is 1.84. The van der Waals surface area contributed by atoms with E-state index in [1.165, 1.54) is 5.56 Å². The molecule has 0 saturated carbocycles. The zero-order valence-corrected chi connectivity index (χ0v) is 14.8. The van der Waals surface area contributed by atoms with Crippen LogP contribution in [0.3, 0.4) is 0 Å². The number of rotatable bonds is 6. The smallest absolute Gasteiger partial charge is 0.146 e. The molecule has 0 unspecified atom stereocenters. The van der Waals surface area contributed by atoms with E-state index < -0.39 is 5.60 Å². The van der Waals surface area contributed by atoms with Crippen molar-refractivity contribution in [2.45, 2.75) is 32.0 Å². The lowest BCUT2D eigenvalue weighted by atomic mass is 10.0. The molecule has 6 nitrogen and oxygen atoms in total. The van der Waals surface area contributed by atoms with Gasteiger partial charge in [-0.05, 0) is 26.0 Å². The van der Waals surface area contributed by atoms with E-state index in [1.807, 2.05) is 31.7 Å². The lowest BCUT2D eigenvalue weighted by Gasteiger charge is -2.28. The molecule has 24 heavy (non-hydrogen) atoms. The Hall–Kier alpha value is -1.76. The third-order valence-corrected chi connectivity index (χ3v) is 4.82. The molecule has 0 spiro atoms. The summed E-state index contributed by atoms with van der Waals surface area (Å²) in [6.45, 7) is 5.83. The minimum atomic E-state index is -0.656. The molecule has 0 bridgehead atoms. The molecule has 0 aliphatic carbocycles. The Balaban J connectivity index is 1.54. The second-order valence-corrected chi connectivity index (χ2v) is 7.07. The molecule has 1 aliphatic rings. The van der Waals surface area contributed by atoms with Crippen molar-refractivity contribution in [1.82, 2.24) is 24.6 Å². The summed E-state index contributed by atoms with van der Waals surface area (Å²) in [6, 6.07) is 10.4. The van der Waals surface area contributed by atoms with Crippen molar-refractivity contribution in [2.75, 3.05) is 26.7 Å². The highest BCUT2D eigenvalue weighted by Crippen LogP contribution is 2.24. The molecule has 1 saturated heterocycles. The fraction of sp³-hybridized carbons (Fsp3) is 0.556. The van der Waals surface area contributed by atoms with Crippen molar-refractivity contribution in [2.24, 2.45) is 7.05 Å². The van der Waals surface area contributed by atoms with Gasteiger partial charge < -0.3 is 9.67 Å². The van der Waals surface area contributed by atoms with Gasteiger partial charge in [0.25, 0.3) is 0 Å². The van der Waals surface area contributed by atoms with Crippen LogP contribution in [0.1, 0.15) is 23.6 Å². The van der Waals surface area contributed by atoms with Crippen LogP contribution >= 0.6 is 0 Å². The number of hydrogen-bond donors (Lipinski definition) is 1. The number of likely N-dealkylation sites (N-methyl/N-ethyl adjacent to an activating group) is 1. The first-order chi connectivity index (χ1) is 11.5. The Bertz CT molecular complexity index is 671. The third-order valence-electron chi connectivity index (χ3n) is 4.82. The van der Waals surface area contributed by atoms with Crippen LogP contribution in [-0.2, 0) is 20.1 Å². The van der Waals surface area contributed by atoms with Crippen molar-refractivity contribution in [1.29, 1.82) is 0 Å². The van der Waals surface area contributed by atoms with Crippen molar-refractivity contribution < 1.29 is 5.11 Å². The molecule has 0 radical (unpaired) electrons. The zero-order chi connectivity index (χ0) is 17.2. The summed E-state index contributed by atoms with van der Waals surface area (Å²) < 4.78 is 2.00. The number of hydrogen-bond acceptors (Lipinski definition) is 5. The summed E-state index contributed by atoms with van der Waals surface area (Å²) in [7, 11) is 4.01. The summed E-state index contributed by atoms with van der Waals surface area (Å²) in [6.07, 6.45) is 0.808. The average Bonchev–Trinajstić information content (AvgIpc) is 3.05. The second-order valence-electron chi connectivity index (χ2n) is 7.07. The lowest BCUT2D eigenvalue weighted by molar-refractivity contribution is 0.0154. The van der Waals surface area contributed by atoms with E-state index in [2.05, 4.69) is 44.3 Å². The summed E-state index contributed by atoms with van der Waals surface area (Å²) in [4.78, 5) is 4.46. The third kappa shape index (κ3) is 4.01. The Morgan fingerprint density at radius 2 is 2.00 bits per heavy atom. The number of β-amino-alcohol motifs (C(OH)–C–C–N with tert-alkyl or cyclic N) is 1. The highest BCUT2D eigenvalue weighted by Gasteiger charge is 2.36. The van der Waals surface area contributed by atoms with Crippen LogP contribution < -0.4 is 0 Å². The summed E-state index contributed by atoms with van der Waals surface area (Å²) in [5, 5.41) is 19.2. The molecule has 130 valence electrons. The zero-order valence-electron chi connectivity index (χ0n) is 14.8. The van der Waals surface area contributed by atoms with E-state index in [0.29, 0.717) is 19.6 Å². The number of nitrogens with zero attached hydrogens (tertiary/aromatic N) is 5. The van der Waals surface area contributed by atoms with Crippen LogP contribution in [0.5, 0.6) is 0 Å². The molecule has 1 aromatic heterocycles. The van der Waals surface area contributed by atoms with E-state index in [4.69, 9.17) is 0 Å². The first kappa shape index (κ1) is 17.1. The Morgan fingerprint density at radius 1 is 1.25 bits per heavy atom. The highest BCUT2D eigenvalue weighted by molar-refractivity contribution is 5.15. The quantitative estimate of drug-likeness (QED) is 0.863. The first-order valence-electron chi connectivity index (χ1n) is 8.47. The summed E-state index contributed by atoms with van der Waals surface area (Å²) >= 11 is 0. The van der Waals surface area contributed by atoms with Gasteiger partial charge in [-0.25, -0.2) is 0 Å². The van der Waals surface area contributed by atoms with E-state index in [9.17, 15) is 5.11 Å². The van der Waals surface area contributed by atoms with E-state index in [1.54, 1.807) is 0 Å². The maximum atomic E-state index is 10.9. The fourth-order valence-electron chi connectivity index (χ4n) is 3.43. The Labute approximate surface area is 143 Å².